The van der Waals surface area contributed by atoms with Gasteiger partial charge in [-0.15, -0.1) is 0 Å². The van der Waals surface area contributed by atoms with Gasteiger partial charge in [0.2, 0.25) is 0 Å². The Bertz CT molecular complexity index is 1720. The summed E-state index contributed by atoms with van der Waals surface area (Å²) in [5, 5.41) is 0. The van der Waals surface area contributed by atoms with Crippen molar-refractivity contribution in [2.75, 3.05) is 132 Å². The van der Waals surface area contributed by atoms with E-state index in [1.165, 1.54) is 118 Å². The zero-order chi connectivity index (χ0) is 50.8. The predicted octanol–water partition coefficient (Wildman–Crippen LogP) is 12.9. The topological polar surface area (TPSA) is 92.3 Å². The summed E-state index contributed by atoms with van der Waals surface area (Å²) < 4.78 is 51.7. The summed E-state index contributed by atoms with van der Waals surface area (Å²) >= 11 is 0. The van der Waals surface area contributed by atoms with Crippen LogP contribution in [-0.4, -0.2) is 162 Å². The predicted molar refractivity (Wildman–Crippen MR) is 303 cm³/mol. The van der Waals surface area contributed by atoms with Crippen LogP contribution in [0.15, 0.2) is 146 Å². The van der Waals surface area contributed by atoms with Gasteiger partial charge < -0.3 is 47.4 Å². The molecule has 0 atom stereocenters. The monoisotopic (exact) mass is 1030 g/mol. The van der Waals surface area contributed by atoms with Crippen molar-refractivity contribution in [1.82, 2.24) is 0 Å². The van der Waals surface area contributed by atoms with E-state index in [1.807, 2.05) is 0 Å². The zero-order valence-electron chi connectivity index (χ0n) is 44.7. The van der Waals surface area contributed by atoms with Crippen LogP contribution in [0.25, 0.3) is 66.8 Å². The van der Waals surface area contributed by atoms with Crippen molar-refractivity contribution >= 4 is 29.6 Å². The van der Waals surface area contributed by atoms with Gasteiger partial charge in [0, 0.05) is 82.4 Å². The summed E-state index contributed by atoms with van der Waals surface area (Å²) in [5.74, 6) is 0. The smallest absolute Gasteiger partial charge is 0.0701 e. The van der Waals surface area contributed by atoms with Gasteiger partial charge in [-0.1, -0.05) is 146 Å². The van der Waals surface area contributed by atoms with Crippen molar-refractivity contribution in [2.24, 2.45) is 0 Å². The van der Waals surface area contributed by atoms with Gasteiger partial charge in [-0.05, 0) is 118 Å². The Morgan fingerprint density at radius 2 is 0.213 bits per heavy atom. The third kappa shape index (κ3) is 23.2. The minimum atomic E-state index is 0. The maximum absolute atomic E-state index is 5.33. The van der Waals surface area contributed by atoms with Crippen LogP contribution in [0.4, 0.5) is 0 Å². The van der Waals surface area contributed by atoms with Crippen LogP contribution >= 0.6 is 0 Å². The molecule has 21 aliphatic rings. The summed E-state index contributed by atoms with van der Waals surface area (Å²) in [6.07, 6.45) is 10.2. The Morgan fingerprint density at radius 1 is 0.133 bits per heavy atom. The Hall–Kier alpha value is -4.08. The van der Waals surface area contributed by atoms with Crippen LogP contribution in [0.1, 0.15) is 51.4 Å². The molecular weight excluding hydrogens is 952 g/mol. The maximum Gasteiger partial charge on any atom is 0.0701 e. The van der Waals surface area contributed by atoms with Gasteiger partial charge in [0.25, 0.3) is 0 Å². The molecule has 397 valence electrons. The summed E-state index contributed by atoms with van der Waals surface area (Å²) in [4.78, 5) is 0. The number of ether oxygens (including phenoxy) is 10. The molecule has 0 saturated carbocycles. The minimum Gasteiger partial charge on any atom is -0.381 e. The average Bonchev–Trinajstić information content (AvgIpc) is 4.35. The van der Waals surface area contributed by atoms with Gasteiger partial charge in [-0.25, -0.2) is 0 Å². The van der Waals surface area contributed by atoms with Crippen molar-refractivity contribution in [2.45, 2.75) is 51.4 Å². The third-order valence-electron chi connectivity index (χ3n) is 12.9. The number of rotatable bonds is 0. The SMILES string of the molecule is C1CCOC1.C1CCOC1.C1CCOC1.C1CCOC1.C1COCCOCCOCCOCCOCCO1.[Na].c1cc2ccc1-c1ccc(cc1)-c1ccc(cc1)-c1ccc(cc1)-c1ccc(cc1)-c1ccc-2cc1. The molecule has 0 aromatic heterocycles. The number of hydrogen-bond acceptors (Lipinski definition) is 10. The molecule has 6 aromatic rings. The summed E-state index contributed by atoms with van der Waals surface area (Å²) in [5.41, 5.74) is 14.8. The molecule has 0 spiro atoms. The van der Waals surface area contributed by atoms with Gasteiger partial charge in [0.05, 0.1) is 79.3 Å². The van der Waals surface area contributed by atoms with Gasteiger partial charge in [0.15, 0.2) is 0 Å². The molecular formula is C64H80NaO10. The van der Waals surface area contributed by atoms with Gasteiger partial charge in [-0.3, -0.25) is 0 Å². The Labute approximate surface area is 469 Å². The largest absolute Gasteiger partial charge is 0.381 e. The first kappa shape index (κ1) is 60.2. The molecule has 5 aliphatic heterocycles. The third-order valence-corrected chi connectivity index (χ3v) is 12.9. The fourth-order valence-corrected chi connectivity index (χ4v) is 8.49. The molecule has 0 N–H and O–H groups in total. The molecule has 75 heavy (non-hydrogen) atoms. The van der Waals surface area contributed by atoms with E-state index < -0.39 is 0 Å². The van der Waals surface area contributed by atoms with E-state index in [-0.39, 0.29) is 29.6 Å². The summed E-state index contributed by atoms with van der Waals surface area (Å²) in [6, 6.07) is 53.2. The van der Waals surface area contributed by atoms with E-state index in [0.29, 0.717) is 79.3 Å². The first-order valence-electron chi connectivity index (χ1n) is 27.2. The van der Waals surface area contributed by atoms with E-state index in [0.717, 1.165) is 52.9 Å². The molecule has 12 bridgehead atoms. The van der Waals surface area contributed by atoms with Crippen molar-refractivity contribution in [3.63, 3.8) is 0 Å². The fraction of sp³-hybridized carbons (Fsp3) is 0.438. The molecule has 0 unspecified atom stereocenters. The Kier molecular flexibility index (Phi) is 30.2. The number of benzene rings is 6. The van der Waals surface area contributed by atoms with Crippen molar-refractivity contribution in [3.05, 3.63) is 146 Å². The first-order chi connectivity index (χ1) is 36.8. The van der Waals surface area contributed by atoms with Crippen LogP contribution in [0, 0.1) is 0 Å². The van der Waals surface area contributed by atoms with Gasteiger partial charge in [-0.2, -0.15) is 0 Å². The van der Waals surface area contributed by atoms with Crippen molar-refractivity contribution in [3.8, 4) is 66.8 Å². The second-order valence-corrected chi connectivity index (χ2v) is 18.4. The standard InChI is InChI=1S/C36H24.C12H24O6.4C4H8O.Na/c1-2-26-4-3-25(1)27-5-7-29(8-6-27)31-13-15-33(16-14-31)35-21-23-36(24-22-35)34-19-17-32(18-20-34)30-11-9-28(26)10-12-30;1-2-14-5-6-16-9-10-18-12-11-17-8-7-15-4-3-13-1;4*1-2-4-5-3-1;/h1-24H;1-12H2;4*1-4H2;. The maximum atomic E-state index is 5.33. The van der Waals surface area contributed by atoms with Crippen molar-refractivity contribution < 1.29 is 47.4 Å². The van der Waals surface area contributed by atoms with Crippen LogP contribution in [-0.2, 0) is 47.4 Å². The molecule has 16 aliphatic carbocycles. The minimum absolute atomic E-state index is 0. The molecule has 6 aromatic carbocycles. The van der Waals surface area contributed by atoms with E-state index in [1.54, 1.807) is 0 Å². The first-order valence-corrected chi connectivity index (χ1v) is 27.2. The van der Waals surface area contributed by atoms with Crippen molar-refractivity contribution in [1.29, 1.82) is 0 Å². The van der Waals surface area contributed by atoms with E-state index in [4.69, 9.17) is 47.4 Å². The molecule has 5 fully saturated rings. The average molecular weight is 1030 g/mol. The van der Waals surface area contributed by atoms with Gasteiger partial charge in [0.1, 0.15) is 0 Å². The second-order valence-electron chi connectivity index (χ2n) is 18.4. The quantitative estimate of drug-likeness (QED) is 0.137. The molecule has 5 saturated heterocycles. The van der Waals surface area contributed by atoms with E-state index in [9.17, 15) is 0 Å². The molecule has 5 heterocycles. The normalized spacial score (nSPS) is 17.6. The van der Waals surface area contributed by atoms with Crippen LogP contribution in [0.3, 0.4) is 0 Å². The number of hydrogen-bond donors (Lipinski definition) is 0. The second kappa shape index (κ2) is 37.7. The summed E-state index contributed by atoms with van der Waals surface area (Å²) in [7, 11) is 0. The van der Waals surface area contributed by atoms with Crippen LogP contribution in [0.2, 0.25) is 0 Å². The zero-order valence-corrected chi connectivity index (χ0v) is 46.7. The van der Waals surface area contributed by atoms with E-state index in [2.05, 4.69) is 146 Å². The molecule has 1 radical (unpaired) electrons. The van der Waals surface area contributed by atoms with E-state index >= 15 is 0 Å². The summed E-state index contributed by atoms with van der Waals surface area (Å²) in [6.45, 7) is 15.0. The molecule has 11 heteroatoms. The Balaban J connectivity index is 0.000000192. The van der Waals surface area contributed by atoms with Crippen LogP contribution in [0.5, 0.6) is 0 Å². The van der Waals surface area contributed by atoms with Gasteiger partial charge >= 0.3 is 0 Å². The molecule has 10 nitrogen and oxygen atoms in total. The molecule has 0 amide bonds. The molecule has 27 rings (SSSR count). The van der Waals surface area contributed by atoms with Crippen LogP contribution < -0.4 is 0 Å². The fourth-order valence-electron chi connectivity index (χ4n) is 8.49. The Morgan fingerprint density at radius 3 is 0.280 bits per heavy atom.